The fourth-order valence-electron chi connectivity index (χ4n) is 2.34. The van der Waals surface area contributed by atoms with Gasteiger partial charge < -0.3 is 0 Å². The van der Waals surface area contributed by atoms with Gasteiger partial charge in [-0.25, -0.2) is 30.6 Å². The van der Waals surface area contributed by atoms with Crippen molar-refractivity contribution in [1.29, 1.82) is 0 Å². The van der Waals surface area contributed by atoms with Gasteiger partial charge in [0.1, 0.15) is 11.6 Å². The van der Waals surface area contributed by atoms with Crippen LogP contribution in [0.2, 0.25) is 0 Å². The number of benzene rings is 2. The summed E-state index contributed by atoms with van der Waals surface area (Å²) >= 11 is 1.99. The molecule has 0 aliphatic rings. The molecule has 0 saturated heterocycles. The summed E-state index contributed by atoms with van der Waals surface area (Å²) < 4.78 is 78.1. The normalized spacial score (nSPS) is 12.0. The highest BCUT2D eigenvalue weighted by Gasteiger charge is 2.15. The first-order chi connectivity index (χ1) is 13.9. The van der Waals surface area contributed by atoms with Crippen LogP contribution in [0.1, 0.15) is 0 Å². The molecule has 0 unspecified atom stereocenters. The number of hydrogen-bond acceptors (Lipinski definition) is 7. The summed E-state index contributed by atoms with van der Waals surface area (Å²) in [4.78, 5) is 4.66. The lowest BCUT2D eigenvalue weighted by Gasteiger charge is -2.12. The van der Waals surface area contributed by atoms with Crippen molar-refractivity contribution in [2.24, 2.45) is 0 Å². The molecule has 3 rings (SSSR count). The summed E-state index contributed by atoms with van der Waals surface area (Å²) in [5.41, 5.74) is 1.20. The minimum Gasteiger partial charge on any atom is -0.283 e. The van der Waals surface area contributed by atoms with E-state index in [-0.39, 0.29) is 15.7 Å². The van der Waals surface area contributed by atoms with E-state index in [4.69, 9.17) is 0 Å². The second-order valence-electron chi connectivity index (χ2n) is 6.17. The lowest BCUT2D eigenvalue weighted by molar-refractivity contribution is 0.565. The van der Waals surface area contributed by atoms with Gasteiger partial charge in [-0.3, -0.25) is 9.44 Å². The first-order valence-electron chi connectivity index (χ1n) is 8.08. The lowest BCUT2D eigenvalue weighted by atomic mass is 10.1. The maximum atomic E-state index is 14.1. The summed E-state index contributed by atoms with van der Waals surface area (Å²) in [6, 6.07) is 7.76. The zero-order valence-electron chi connectivity index (χ0n) is 15.5. The van der Waals surface area contributed by atoms with Gasteiger partial charge in [0.15, 0.2) is 5.13 Å². The van der Waals surface area contributed by atoms with Crippen LogP contribution in [0, 0.1) is 11.6 Å². The van der Waals surface area contributed by atoms with Crippen molar-refractivity contribution in [1.82, 2.24) is 4.98 Å². The van der Waals surface area contributed by atoms with Gasteiger partial charge in [-0.05, 0) is 24.3 Å². The molecule has 3 aromatic rings. The topological polar surface area (TPSA) is 105 Å². The molecule has 0 radical (unpaired) electrons. The minimum absolute atomic E-state index is 0.0998. The van der Waals surface area contributed by atoms with Crippen LogP contribution in [0.4, 0.5) is 19.6 Å². The summed E-state index contributed by atoms with van der Waals surface area (Å²) in [6.07, 6.45) is 1.99. The number of hydrogen-bond donors (Lipinski definition) is 2. The van der Waals surface area contributed by atoms with Crippen LogP contribution in [-0.2, 0) is 20.0 Å². The molecule has 0 amide bonds. The maximum absolute atomic E-state index is 14.1. The molecule has 7 nitrogen and oxygen atoms in total. The largest absolute Gasteiger partial charge is 0.283 e. The Kier molecular flexibility index (Phi) is 6.36. The molecule has 0 aliphatic carbocycles. The van der Waals surface area contributed by atoms with Crippen LogP contribution in [0.25, 0.3) is 11.3 Å². The van der Waals surface area contributed by atoms with Crippen molar-refractivity contribution < 1.29 is 25.6 Å². The van der Waals surface area contributed by atoms with Crippen LogP contribution in [0.5, 0.6) is 0 Å². The Bertz CT molecular complexity index is 1310. The van der Waals surface area contributed by atoms with Crippen molar-refractivity contribution in [2.75, 3.05) is 22.0 Å². The Morgan fingerprint density at radius 1 is 0.933 bits per heavy atom. The highest BCUT2D eigenvalue weighted by molar-refractivity contribution is 7.99. The van der Waals surface area contributed by atoms with Gasteiger partial charge in [0.25, 0.3) is 0 Å². The second-order valence-corrected chi connectivity index (χ2v) is 11.6. The third-order valence-corrected chi connectivity index (χ3v) is 6.61. The quantitative estimate of drug-likeness (QED) is 0.518. The summed E-state index contributed by atoms with van der Waals surface area (Å²) in [7, 11) is -7.10. The number of halogens is 2. The zero-order valence-corrected chi connectivity index (χ0v) is 18.8. The molecule has 30 heavy (non-hydrogen) atoms. The van der Waals surface area contributed by atoms with E-state index in [1.807, 2.05) is 0 Å². The fraction of sp³-hybridized carbons (Fsp3) is 0.118. The number of anilines is 2. The number of nitrogens with one attached hydrogen (secondary N) is 2. The standard InChI is InChI=1S/C17H15F2N3O4S4/c1-29(23,24)21-13-5-3-10(14-9-27-17(20-14)22-30(2,25)26)7-16(13)28-15-6-4-11(18)8-12(15)19/h3-9,21H,1-2H3,(H,20,22). The van der Waals surface area contributed by atoms with Gasteiger partial charge in [-0.1, -0.05) is 17.8 Å². The molecule has 0 spiro atoms. The Hall–Kier alpha value is -2.22. The van der Waals surface area contributed by atoms with Crippen LogP contribution in [0.15, 0.2) is 51.6 Å². The van der Waals surface area contributed by atoms with Gasteiger partial charge in [-0.15, -0.1) is 11.3 Å². The van der Waals surface area contributed by atoms with E-state index in [0.717, 1.165) is 47.7 Å². The smallest absolute Gasteiger partial charge is 0.231 e. The molecule has 0 aliphatic heterocycles. The second kappa shape index (κ2) is 8.49. The van der Waals surface area contributed by atoms with Crippen LogP contribution in [0.3, 0.4) is 0 Å². The Balaban J connectivity index is 2.02. The summed E-state index contributed by atoms with van der Waals surface area (Å²) in [5.74, 6) is -1.52. The van der Waals surface area contributed by atoms with Crippen molar-refractivity contribution in [2.45, 2.75) is 9.79 Å². The lowest BCUT2D eigenvalue weighted by Crippen LogP contribution is -2.10. The Morgan fingerprint density at radius 3 is 2.27 bits per heavy atom. The molecule has 2 aromatic carbocycles. The predicted octanol–water partition coefficient (Wildman–Crippen LogP) is 3.98. The number of sulfonamides is 2. The van der Waals surface area contributed by atoms with Gasteiger partial charge in [0, 0.05) is 26.8 Å². The van der Waals surface area contributed by atoms with E-state index in [9.17, 15) is 25.6 Å². The van der Waals surface area contributed by atoms with Crippen LogP contribution in [-0.4, -0.2) is 34.3 Å². The average molecular weight is 492 g/mol. The van der Waals surface area contributed by atoms with Crippen molar-refractivity contribution in [3.63, 3.8) is 0 Å². The molecular weight excluding hydrogens is 476 g/mol. The molecule has 0 saturated carbocycles. The number of aromatic nitrogens is 1. The van der Waals surface area contributed by atoms with E-state index in [2.05, 4.69) is 14.4 Å². The van der Waals surface area contributed by atoms with E-state index in [0.29, 0.717) is 16.2 Å². The van der Waals surface area contributed by atoms with Crippen molar-refractivity contribution >= 4 is 54.0 Å². The molecule has 1 aromatic heterocycles. The number of rotatable bonds is 7. The number of thiazole rings is 1. The highest BCUT2D eigenvalue weighted by atomic mass is 32.2. The molecule has 13 heteroatoms. The van der Waals surface area contributed by atoms with Gasteiger partial charge in [0.2, 0.25) is 20.0 Å². The van der Waals surface area contributed by atoms with Crippen LogP contribution >= 0.6 is 23.1 Å². The molecule has 160 valence electrons. The van der Waals surface area contributed by atoms with E-state index < -0.39 is 31.7 Å². The van der Waals surface area contributed by atoms with E-state index in [1.165, 1.54) is 12.1 Å². The third-order valence-electron chi connectivity index (χ3n) is 3.46. The first kappa shape index (κ1) is 22.5. The molecule has 2 N–H and O–H groups in total. The summed E-state index contributed by atoms with van der Waals surface area (Å²) in [6.45, 7) is 0. The monoisotopic (exact) mass is 491 g/mol. The van der Waals surface area contributed by atoms with E-state index >= 15 is 0 Å². The number of nitrogens with zero attached hydrogens (tertiary/aromatic N) is 1. The van der Waals surface area contributed by atoms with E-state index in [1.54, 1.807) is 17.5 Å². The minimum atomic E-state index is -3.61. The first-order valence-corrected chi connectivity index (χ1v) is 13.6. The molecule has 1 heterocycles. The van der Waals surface area contributed by atoms with Crippen molar-refractivity contribution in [3.05, 3.63) is 53.4 Å². The highest BCUT2D eigenvalue weighted by Crippen LogP contribution is 2.38. The van der Waals surface area contributed by atoms with Gasteiger partial charge in [-0.2, -0.15) is 0 Å². The third kappa shape index (κ3) is 6.14. The van der Waals surface area contributed by atoms with Gasteiger partial charge >= 0.3 is 0 Å². The molecule has 0 fully saturated rings. The molecule has 0 bridgehead atoms. The fourth-order valence-corrected chi connectivity index (χ4v) is 5.50. The SMILES string of the molecule is CS(=O)(=O)Nc1nc(-c2ccc(NS(C)(=O)=O)c(Sc3ccc(F)cc3F)c2)cs1. The zero-order chi connectivity index (χ0) is 22.1. The van der Waals surface area contributed by atoms with Crippen LogP contribution < -0.4 is 9.44 Å². The maximum Gasteiger partial charge on any atom is 0.231 e. The molecular formula is C17H15F2N3O4S4. The Labute approximate surface area is 180 Å². The van der Waals surface area contributed by atoms with Crippen molar-refractivity contribution in [3.8, 4) is 11.3 Å². The average Bonchev–Trinajstić information content (AvgIpc) is 3.04. The van der Waals surface area contributed by atoms with Gasteiger partial charge in [0.05, 0.1) is 23.9 Å². The predicted molar refractivity (Wildman–Crippen MR) is 115 cm³/mol. The molecule has 0 atom stereocenters. The summed E-state index contributed by atoms with van der Waals surface area (Å²) in [5, 5.41) is 1.80. The Morgan fingerprint density at radius 2 is 1.63 bits per heavy atom.